The molecular formula is C8H16N2. The Morgan fingerprint density at radius 3 is 2.10 bits per heavy atom. The molecule has 0 heterocycles. The highest BCUT2D eigenvalue weighted by molar-refractivity contribution is 5.23. The first-order valence-corrected chi connectivity index (χ1v) is 3.48. The standard InChI is InChI=1S/C8H16N2/c1-7(2)6-10(9-5)8(3)4/h6,8H,5H2,1-4H3. The van der Waals surface area contributed by atoms with Crippen LogP contribution in [-0.4, -0.2) is 17.8 Å². The maximum absolute atomic E-state index is 3.83. The molecule has 0 aromatic heterocycles. The monoisotopic (exact) mass is 140 g/mol. The summed E-state index contributed by atoms with van der Waals surface area (Å²) in [6, 6.07) is 0.396. The van der Waals surface area contributed by atoms with Crippen LogP contribution in [0.15, 0.2) is 16.9 Å². The molecule has 0 aliphatic heterocycles. The van der Waals surface area contributed by atoms with E-state index in [-0.39, 0.29) is 0 Å². The summed E-state index contributed by atoms with van der Waals surface area (Å²) >= 11 is 0. The van der Waals surface area contributed by atoms with Crippen LogP contribution < -0.4 is 0 Å². The molecule has 0 amide bonds. The summed E-state index contributed by atoms with van der Waals surface area (Å²) in [4.78, 5) is 0. The third kappa shape index (κ3) is 3.28. The average Bonchev–Trinajstić information content (AvgIpc) is 1.81. The SMILES string of the molecule is C=NN(C=C(C)C)C(C)C. The summed E-state index contributed by atoms with van der Waals surface area (Å²) in [6.07, 6.45) is 1.98. The average molecular weight is 140 g/mol. The normalized spacial score (nSPS) is 9.30. The van der Waals surface area contributed by atoms with E-state index in [9.17, 15) is 0 Å². The maximum Gasteiger partial charge on any atom is 0.0462 e. The summed E-state index contributed by atoms with van der Waals surface area (Å²) in [5.41, 5.74) is 1.24. The van der Waals surface area contributed by atoms with Gasteiger partial charge in [-0.1, -0.05) is 5.57 Å². The van der Waals surface area contributed by atoms with E-state index in [0.717, 1.165) is 0 Å². The number of nitrogens with zero attached hydrogens (tertiary/aromatic N) is 2. The third-order valence-corrected chi connectivity index (χ3v) is 1.08. The first-order valence-electron chi connectivity index (χ1n) is 3.48. The van der Waals surface area contributed by atoms with Gasteiger partial charge >= 0.3 is 0 Å². The van der Waals surface area contributed by atoms with Crippen molar-refractivity contribution in [2.24, 2.45) is 5.10 Å². The maximum atomic E-state index is 3.83. The molecule has 0 rings (SSSR count). The molecule has 0 aliphatic rings. The summed E-state index contributed by atoms with van der Waals surface area (Å²) in [5, 5.41) is 5.68. The second kappa shape index (κ2) is 4.09. The quantitative estimate of drug-likeness (QED) is 0.433. The fraction of sp³-hybridized carbons (Fsp3) is 0.625. The van der Waals surface area contributed by atoms with Crippen molar-refractivity contribution >= 4 is 6.72 Å². The molecule has 0 atom stereocenters. The molecule has 0 aliphatic carbocycles. The molecule has 0 bridgehead atoms. The number of hydrogen-bond acceptors (Lipinski definition) is 2. The Morgan fingerprint density at radius 1 is 1.50 bits per heavy atom. The second-order valence-electron chi connectivity index (χ2n) is 2.82. The van der Waals surface area contributed by atoms with E-state index in [1.165, 1.54) is 5.57 Å². The van der Waals surface area contributed by atoms with Crippen molar-refractivity contribution in [3.63, 3.8) is 0 Å². The van der Waals surface area contributed by atoms with Crippen molar-refractivity contribution in [1.29, 1.82) is 0 Å². The Labute approximate surface area is 63.2 Å². The van der Waals surface area contributed by atoms with Crippen molar-refractivity contribution < 1.29 is 0 Å². The van der Waals surface area contributed by atoms with Crippen molar-refractivity contribution in [3.05, 3.63) is 11.8 Å². The van der Waals surface area contributed by atoms with Crippen LogP contribution in [-0.2, 0) is 0 Å². The lowest BCUT2D eigenvalue weighted by Crippen LogP contribution is -2.18. The molecule has 2 heteroatoms. The lowest BCUT2D eigenvalue weighted by atomic mass is 10.3. The van der Waals surface area contributed by atoms with Crippen molar-refractivity contribution in [2.45, 2.75) is 33.7 Å². The fourth-order valence-electron chi connectivity index (χ4n) is 0.618. The minimum absolute atomic E-state index is 0.396. The van der Waals surface area contributed by atoms with Gasteiger partial charge < -0.3 is 0 Å². The molecule has 0 saturated carbocycles. The molecular weight excluding hydrogens is 124 g/mol. The Bertz CT molecular complexity index is 132. The molecule has 58 valence electrons. The number of rotatable bonds is 3. The Morgan fingerprint density at radius 2 is 2.00 bits per heavy atom. The highest BCUT2D eigenvalue weighted by Crippen LogP contribution is 2.01. The van der Waals surface area contributed by atoms with Crippen LogP contribution in [0.1, 0.15) is 27.7 Å². The minimum Gasteiger partial charge on any atom is -0.271 e. The van der Waals surface area contributed by atoms with Gasteiger partial charge in [0, 0.05) is 19.0 Å². The lowest BCUT2D eigenvalue weighted by molar-refractivity contribution is 0.328. The van der Waals surface area contributed by atoms with Crippen LogP contribution in [0.4, 0.5) is 0 Å². The smallest absolute Gasteiger partial charge is 0.0462 e. The van der Waals surface area contributed by atoms with Crippen LogP contribution in [0.25, 0.3) is 0 Å². The van der Waals surface area contributed by atoms with Gasteiger partial charge in [0.25, 0.3) is 0 Å². The van der Waals surface area contributed by atoms with Gasteiger partial charge in [-0.3, -0.25) is 5.01 Å². The van der Waals surface area contributed by atoms with Crippen LogP contribution >= 0.6 is 0 Å². The molecule has 0 fully saturated rings. The molecule has 0 N–H and O–H groups in total. The topological polar surface area (TPSA) is 15.6 Å². The molecule has 2 nitrogen and oxygen atoms in total. The van der Waals surface area contributed by atoms with Crippen LogP contribution in [0, 0.1) is 0 Å². The highest BCUT2D eigenvalue weighted by atomic mass is 15.4. The number of hydrazone groups is 1. The van der Waals surface area contributed by atoms with Crippen molar-refractivity contribution in [2.75, 3.05) is 0 Å². The fourth-order valence-corrected chi connectivity index (χ4v) is 0.618. The van der Waals surface area contributed by atoms with Crippen molar-refractivity contribution in [1.82, 2.24) is 5.01 Å². The highest BCUT2D eigenvalue weighted by Gasteiger charge is 1.99. The summed E-state index contributed by atoms with van der Waals surface area (Å²) in [7, 11) is 0. The molecule has 0 radical (unpaired) electrons. The third-order valence-electron chi connectivity index (χ3n) is 1.08. The summed E-state index contributed by atoms with van der Waals surface area (Å²) in [6.45, 7) is 11.7. The first-order chi connectivity index (χ1) is 4.57. The summed E-state index contributed by atoms with van der Waals surface area (Å²) in [5.74, 6) is 0. The Kier molecular flexibility index (Phi) is 3.77. The zero-order chi connectivity index (χ0) is 8.15. The van der Waals surface area contributed by atoms with Gasteiger partial charge in [-0.2, -0.15) is 5.10 Å². The van der Waals surface area contributed by atoms with E-state index in [0.29, 0.717) is 6.04 Å². The van der Waals surface area contributed by atoms with Gasteiger partial charge in [-0.05, 0) is 27.7 Å². The van der Waals surface area contributed by atoms with Gasteiger partial charge in [0.2, 0.25) is 0 Å². The van der Waals surface area contributed by atoms with E-state index in [1.54, 1.807) is 0 Å². The van der Waals surface area contributed by atoms with Gasteiger partial charge in [0.1, 0.15) is 0 Å². The van der Waals surface area contributed by atoms with Crippen LogP contribution in [0.3, 0.4) is 0 Å². The largest absolute Gasteiger partial charge is 0.271 e. The minimum atomic E-state index is 0.396. The van der Waals surface area contributed by atoms with Crippen LogP contribution in [0.5, 0.6) is 0 Å². The summed E-state index contributed by atoms with van der Waals surface area (Å²) < 4.78 is 0. The zero-order valence-corrected chi connectivity index (χ0v) is 7.26. The molecule has 0 aromatic rings. The zero-order valence-electron chi connectivity index (χ0n) is 7.26. The Balaban J connectivity index is 4.09. The van der Waals surface area contributed by atoms with E-state index in [4.69, 9.17) is 0 Å². The predicted molar refractivity (Wildman–Crippen MR) is 46.0 cm³/mol. The van der Waals surface area contributed by atoms with Crippen LogP contribution in [0.2, 0.25) is 0 Å². The van der Waals surface area contributed by atoms with Gasteiger partial charge in [0.15, 0.2) is 0 Å². The number of allylic oxidation sites excluding steroid dienone is 1. The van der Waals surface area contributed by atoms with Crippen molar-refractivity contribution in [3.8, 4) is 0 Å². The predicted octanol–water partition coefficient (Wildman–Crippen LogP) is 2.24. The first kappa shape index (κ1) is 9.21. The molecule has 0 unspecified atom stereocenters. The van der Waals surface area contributed by atoms with E-state index in [1.807, 2.05) is 25.1 Å². The lowest BCUT2D eigenvalue weighted by Gasteiger charge is -2.18. The van der Waals surface area contributed by atoms with Gasteiger partial charge in [-0.25, -0.2) is 0 Å². The molecule has 10 heavy (non-hydrogen) atoms. The van der Waals surface area contributed by atoms with E-state index < -0.39 is 0 Å². The van der Waals surface area contributed by atoms with Gasteiger partial charge in [0.05, 0.1) is 0 Å². The molecule has 0 spiro atoms. The molecule has 0 saturated heterocycles. The second-order valence-corrected chi connectivity index (χ2v) is 2.82. The van der Waals surface area contributed by atoms with E-state index in [2.05, 4.69) is 25.7 Å². The van der Waals surface area contributed by atoms with Gasteiger partial charge in [-0.15, -0.1) is 0 Å². The van der Waals surface area contributed by atoms with E-state index >= 15 is 0 Å². The Hall–Kier alpha value is -0.790. The molecule has 0 aromatic carbocycles. The number of hydrogen-bond donors (Lipinski definition) is 0.